The lowest BCUT2D eigenvalue weighted by atomic mass is 9.77. The number of piperidine rings is 2. The van der Waals surface area contributed by atoms with Crippen molar-refractivity contribution in [2.75, 3.05) is 47.8 Å². The van der Waals surface area contributed by atoms with Crippen molar-refractivity contribution in [3.05, 3.63) is 29.7 Å². The van der Waals surface area contributed by atoms with Gasteiger partial charge >= 0.3 is 6.09 Å². The van der Waals surface area contributed by atoms with E-state index in [4.69, 9.17) is 16.3 Å². The molecule has 38 heavy (non-hydrogen) atoms. The van der Waals surface area contributed by atoms with Crippen molar-refractivity contribution in [1.29, 1.82) is 0 Å². The molecule has 0 bridgehead atoms. The Morgan fingerprint density at radius 1 is 1.03 bits per heavy atom. The van der Waals surface area contributed by atoms with E-state index in [1.165, 1.54) is 6.42 Å². The Kier molecular flexibility index (Phi) is 7.35. The van der Waals surface area contributed by atoms with Gasteiger partial charge in [-0.05, 0) is 65.4 Å². The highest BCUT2D eigenvalue weighted by Crippen LogP contribution is 2.43. The number of likely N-dealkylation sites (tertiary alicyclic amines) is 1. The van der Waals surface area contributed by atoms with Crippen LogP contribution in [0.1, 0.15) is 59.3 Å². The Balaban J connectivity index is 1.25. The van der Waals surface area contributed by atoms with Gasteiger partial charge in [0.15, 0.2) is 5.82 Å². The number of pyridine rings is 1. The van der Waals surface area contributed by atoms with Gasteiger partial charge in [-0.15, -0.1) is 0 Å². The van der Waals surface area contributed by atoms with Crippen LogP contribution in [-0.2, 0) is 9.53 Å². The summed E-state index contributed by atoms with van der Waals surface area (Å²) in [6, 6.07) is 1.90. The first-order valence-corrected chi connectivity index (χ1v) is 13.8. The van der Waals surface area contributed by atoms with Crippen LogP contribution in [0.25, 0.3) is 0 Å². The number of anilines is 4. The predicted octanol–water partition coefficient (Wildman–Crippen LogP) is 5.01. The van der Waals surface area contributed by atoms with Crippen LogP contribution in [-0.4, -0.2) is 70.2 Å². The minimum Gasteiger partial charge on any atom is -0.444 e. The fraction of sp³-hybridized carbons (Fsp3) is 0.593. The summed E-state index contributed by atoms with van der Waals surface area (Å²) in [7, 11) is 0. The molecule has 2 aromatic heterocycles. The Hall–Kier alpha value is -3.14. The number of halogens is 1. The Morgan fingerprint density at radius 2 is 1.74 bits per heavy atom. The second-order valence-electron chi connectivity index (χ2n) is 11.4. The normalized spacial score (nSPS) is 19.7. The summed E-state index contributed by atoms with van der Waals surface area (Å²) < 4.78 is 5.51. The minimum absolute atomic E-state index is 0.0930. The number of rotatable bonds is 4. The first-order valence-electron chi connectivity index (χ1n) is 13.4. The smallest absolute Gasteiger partial charge is 0.410 e. The molecule has 0 saturated carbocycles. The molecule has 1 N–H and O–H groups in total. The molecule has 3 aliphatic rings. The maximum atomic E-state index is 13.6. The molecular weight excluding hydrogens is 506 g/mol. The van der Waals surface area contributed by atoms with Gasteiger partial charge in [0, 0.05) is 32.7 Å². The van der Waals surface area contributed by atoms with Crippen molar-refractivity contribution in [2.45, 2.75) is 64.9 Å². The van der Waals surface area contributed by atoms with Crippen LogP contribution in [0, 0.1) is 5.41 Å². The van der Waals surface area contributed by atoms with Gasteiger partial charge in [-0.3, -0.25) is 9.78 Å². The first kappa shape index (κ1) is 26.5. The third-order valence-corrected chi connectivity index (χ3v) is 7.82. The van der Waals surface area contributed by atoms with Gasteiger partial charge in [-0.25, -0.2) is 9.78 Å². The van der Waals surface area contributed by atoms with E-state index in [1.807, 2.05) is 31.7 Å². The molecule has 3 aliphatic heterocycles. The number of nitrogens with one attached hydrogen (secondary N) is 1. The zero-order chi connectivity index (χ0) is 26.9. The van der Waals surface area contributed by atoms with E-state index in [2.05, 4.69) is 25.2 Å². The Morgan fingerprint density at radius 3 is 2.45 bits per heavy atom. The number of carbonyl (C=O) groups excluding carboxylic acids is 2. The fourth-order valence-electron chi connectivity index (χ4n) is 5.49. The van der Waals surface area contributed by atoms with Gasteiger partial charge in [0.2, 0.25) is 11.9 Å². The Labute approximate surface area is 228 Å². The highest BCUT2D eigenvalue weighted by Gasteiger charge is 2.49. The lowest BCUT2D eigenvalue weighted by Gasteiger charge is -2.38. The van der Waals surface area contributed by atoms with E-state index in [0.29, 0.717) is 49.1 Å². The zero-order valence-electron chi connectivity index (χ0n) is 22.4. The van der Waals surface area contributed by atoms with Crippen LogP contribution in [0.3, 0.4) is 0 Å². The number of hydrogen-bond acceptors (Lipinski definition) is 8. The van der Waals surface area contributed by atoms with Gasteiger partial charge in [0.05, 0.1) is 35.4 Å². The molecule has 3 fully saturated rings. The molecular formula is C27H36ClN7O3. The molecule has 10 nitrogen and oxygen atoms in total. The number of hydrogen-bond donors (Lipinski definition) is 1. The van der Waals surface area contributed by atoms with E-state index in [1.54, 1.807) is 23.5 Å². The second kappa shape index (κ2) is 10.6. The summed E-state index contributed by atoms with van der Waals surface area (Å²) in [6.07, 6.45) is 10.2. The van der Waals surface area contributed by atoms with Crippen molar-refractivity contribution in [2.24, 2.45) is 5.41 Å². The molecule has 3 saturated heterocycles. The molecule has 5 heterocycles. The van der Waals surface area contributed by atoms with Crippen molar-refractivity contribution in [1.82, 2.24) is 19.9 Å². The van der Waals surface area contributed by atoms with Gasteiger partial charge in [0.25, 0.3) is 0 Å². The summed E-state index contributed by atoms with van der Waals surface area (Å²) >= 11 is 6.41. The first-order chi connectivity index (χ1) is 18.1. The van der Waals surface area contributed by atoms with Crippen LogP contribution in [0.4, 0.5) is 27.9 Å². The molecule has 11 heteroatoms. The molecule has 1 spiro atoms. The number of nitrogens with zero attached hydrogens (tertiary/aromatic N) is 6. The fourth-order valence-corrected chi connectivity index (χ4v) is 5.70. The van der Waals surface area contributed by atoms with Crippen molar-refractivity contribution < 1.29 is 14.3 Å². The quantitative estimate of drug-likeness (QED) is 0.576. The molecule has 0 aromatic carbocycles. The predicted molar refractivity (Wildman–Crippen MR) is 147 cm³/mol. The monoisotopic (exact) mass is 541 g/mol. The van der Waals surface area contributed by atoms with Gasteiger partial charge in [-0.2, -0.15) is 4.98 Å². The topological polar surface area (TPSA) is 104 Å². The summed E-state index contributed by atoms with van der Waals surface area (Å²) in [5.41, 5.74) is 0.439. The summed E-state index contributed by atoms with van der Waals surface area (Å²) in [6.45, 7) is 9.09. The minimum atomic E-state index is -0.537. The summed E-state index contributed by atoms with van der Waals surface area (Å²) in [4.78, 5) is 45.2. The van der Waals surface area contributed by atoms with Crippen molar-refractivity contribution in [3.63, 3.8) is 0 Å². The molecule has 0 radical (unpaired) electrons. The Bertz CT molecular complexity index is 1190. The maximum absolute atomic E-state index is 13.6. The van der Waals surface area contributed by atoms with Crippen molar-refractivity contribution >= 4 is 46.7 Å². The van der Waals surface area contributed by atoms with Gasteiger partial charge < -0.3 is 24.8 Å². The number of ether oxygens (including phenoxy) is 1. The zero-order valence-corrected chi connectivity index (χ0v) is 23.1. The molecule has 2 amide bonds. The van der Waals surface area contributed by atoms with E-state index >= 15 is 0 Å². The van der Waals surface area contributed by atoms with E-state index in [0.717, 1.165) is 43.9 Å². The lowest BCUT2D eigenvalue weighted by molar-refractivity contribution is -0.128. The van der Waals surface area contributed by atoms with Gasteiger partial charge in [0.1, 0.15) is 10.6 Å². The largest absolute Gasteiger partial charge is 0.444 e. The highest BCUT2D eigenvalue weighted by atomic mass is 35.5. The number of aromatic nitrogens is 3. The van der Waals surface area contributed by atoms with E-state index < -0.39 is 11.0 Å². The molecule has 0 unspecified atom stereocenters. The highest BCUT2D eigenvalue weighted by molar-refractivity contribution is 6.32. The second-order valence-corrected chi connectivity index (χ2v) is 11.8. The molecule has 204 valence electrons. The number of carbonyl (C=O) groups is 2. The standard InChI is InChI=1S/C27H36ClN7O3/c1-26(2,3)38-25(37)34-12-7-27(8-13-34)9-14-35(23(27)36)20-15-19(16-29-17-20)31-24-30-18-21(28)22(32-24)33-10-5-4-6-11-33/h15-18H,4-14H2,1-3H3,(H,30,31,32). The van der Waals surface area contributed by atoms with Crippen LogP contribution in [0.2, 0.25) is 5.02 Å². The maximum Gasteiger partial charge on any atom is 0.410 e. The molecule has 0 aliphatic carbocycles. The average molecular weight is 542 g/mol. The molecule has 5 rings (SSSR count). The number of amides is 2. The third-order valence-electron chi connectivity index (χ3n) is 7.56. The average Bonchev–Trinajstić information content (AvgIpc) is 3.20. The van der Waals surface area contributed by atoms with E-state index in [-0.39, 0.29) is 12.0 Å². The molecule has 2 aromatic rings. The SMILES string of the molecule is CC(C)(C)OC(=O)N1CCC2(CC1)CCN(c1cncc(Nc3ncc(Cl)c(N4CCCCC4)n3)c1)C2=O. The van der Waals surface area contributed by atoms with Crippen LogP contribution in [0.15, 0.2) is 24.7 Å². The van der Waals surface area contributed by atoms with Crippen LogP contribution in [0.5, 0.6) is 0 Å². The van der Waals surface area contributed by atoms with Crippen molar-refractivity contribution in [3.8, 4) is 0 Å². The summed E-state index contributed by atoms with van der Waals surface area (Å²) in [5, 5.41) is 3.77. The molecule has 0 atom stereocenters. The lowest BCUT2D eigenvalue weighted by Crippen LogP contribution is -2.48. The van der Waals surface area contributed by atoms with E-state index in [9.17, 15) is 9.59 Å². The van der Waals surface area contributed by atoms with Crippen LogP contribution >= 0.6 is 11.6 Å². The van der Waals surface area contributed by atoms with Gasteiger partial charge in [-0.1, -0.05) is 11.6 Å². The summed E-state index contributed by atoms with van der Waals surface area (Å²) in [5.74, 6) is 1.27. The third kappa shape index (κ3) is 5.65. The van der Waals surface area contributed by atoms with Crippen LogP contribution < -0.4 is 15.1 Å².